The molecular weight excluding hydrogens is 487 g/mol. The van der Waals surface area contributed by atoms with Crippen LogP contribution in [-0.2, 0) is 11.0 Å². The maximum Gasteiger partial charge on any atom is 0.416 e. The van der Waals surface area contributed by atoms with Crippen molar-refractivity contribution in [3.8, 4) is 17.1 Å². The van der Waals surface area contributed by atoms with E-state index in [-0.39, 0.29) is 57.1 Å². The fourth-order valence-electron chi connectivity index (χ4n) is 4.25. The molecule has 6 nitrogen and oxygen atoms in total. The second kappa shape index (κ2) is 10.3. The van der Waals surface area contributed by atoms with E-state index in [2.05, 4.69) is 5.32 Å². The summed E-state index contributed by atoms with van der Waals surface area (Å²) in [6.45, 7) is 0.626. The molecule has 3 aromatic rings. The van der Waals surface area contributed by atoms with E-state index in [0.717, 1.165) is 18.6 Å². The van der Waals surface area contributed by atoms with Crippen LogP contribution < -0.4 is 15.5 Å². The second-order valence-corrected chi connectivity index (χ2v) is 8.91. The van der Waals surface area contributed by atoms with Crippen molar-refractivity contribution in [1.29, 1.82) is 0 Å². The van der Waals surface area contributed by atoms with Crippen LogP contribution in [0.4, 0.5) is 13.2 Å². The molecule has 1 aliphatic carbocycles. The summed E-state index contributed by atoms with van der Waals surface area (Å²) >= 11 is 6.16. The van der Waals surface area contributed by atoms with Gasteiger partial charge in [-0.15, -0.1) is 0 Å². The van der Waals surface area contributed by atoms with Gasteiger partial charge in [0, 0.05) is 12.1 Å². The number of carbonyl (C=O) groups is 1. The van der Waals surface area contributed by atoms with E-state index < -0.39 is 17.7 Å². The zero-order valence-electron chi connectivity index (χ0n) is 18.5. The third kappa shape index (κ3) is 5.79. The van der Waals surface area contributed by atoms with Gasteiger partial charge in [-0.1, -0.05) is 17.7 Å². The quantitative estimate of drug-likeness (QED) is 0.376. The van der Waals surface area contributed by atoms with E-state index in [9.17, 15) is 22.8 Å². The van der Waals surface area contributed by atoms with Gasteiger partial charge >= 0.3 is 12.1 Å². The number of fused-ring (bicyclic) bond motifs is 1. The highest BCUT2D eigenvalue weighted by atomic mass is 35.5. The van der Waals surface area contributed by atoms with E-state index in [1.807, 2.05) is 0 Å². The number of carboxylic acids is 1. The van der Waals surface area contributed by atoms with Crippen molar-refractivity contribution < 1.29 is 32.2 Å². The number of benzene rings is 2. The molecule has 1 aromatic heterocycles. The Bertz CT molecular complexity index is 1290. The first-order valence-corrected chi connectivity index (χ1v) is 11.5. The molecule has 0 saturated heterocycles. The SMILES string of the molecule is O=C(O)C1CCC(NCCCOc2cc(C(F)(F)F)ccc2-c2cc(=O)c3cccc(Cl)c3o2)C1. The minimum atomic E-state index is -4.57. The number of hydrogen-bond acceptors (Lipinski definition) is 5. The van der Waals surface area contributed by atoms with Crippen LogP contribution in [0.5, 0.6) is 5.75 Å². The van der Waals surface area contributed by atoms with E-state index in [4.69, 9.17) is 25.9 Å². The zero-order valence-corrected chi connectivity index (χ0v) is 19.3. The highest BCUT2D eigenvalue weighted by molar-refractivity contribution is 6.34. The van der Waals surface area contributed by atoms with Gasteiger partial charge in [0.05, 0.1) is 34.1 Å². The van der Waals surface area contributed by atoms with Crippen LogP contribution in [0.2, 0.25) is 5.02 Å². The van der Waals surface area contributed by atoms with Gasteiger partial charge < -0.3 is 19.6 Å². The van der Waals surface area contributed by atoms with E-state index in [1.165, 1.54) is 12.1 Å². The average Bonchev–Trinajstić information content (AvgIpc) is 3.28. The molecule has 2 N–H and O–H groups in total. The molecule has 0 bridgehead atoms. The van der Waals surface area contributed by atoms with Gasteiger partial charge in [-0.2, -0.15) is 13.2 Å². The normalized spacial score (nSPS) is 18.2. The largest absolute Gasteiger partial charge is 0.493 e. The summed E-state index contributed by atoms with van der Waals surface area (Å²) in [5, 5.41) is 12.8. The minimum Gasteiger partial charge on any atom is -0.493 e. The van der Waals surface area contributed by atoms with Crippen LogP contribution in [0.15, 0.2) is 51.7 Å². The first-order valence-electron chi connectivity index (χ1n) is 11.2. The van der Waals surface area contributed by atoms with Crippen molar-refractivity contribution in [2.75, 3.05) is 13.2 Å². The number of alkyl halides is 3. The molecule has 1 aliphatic rings. The summed E-state index contributed by atoms with van der Waals surface area (Å²) in [5.74, 6) is -1.16. The Morgan fingerprint density at radius 1 is 1.20 bits per heavy atom. The second-order valence-electron chi connectivity index (χ2n) is 8.50. The van der Waals surface area contributed by atoms with Gasteiger partial charge in [0.1, 0.15) is 11.5 Å². The molecule has 35 heavy (non-hydrogen) atoms. The molecule has 2 unspecified atom stereocenters. The zero-order chi connectivity index (χ0) is 25.2. The number of rotatable bonds is 8. The van der Waals surface area contributed by atoms with Crippen LogP contribution >= 0.6 is 11.6 Å². The molecule has 1 fully saturated rings. The summed E-state index contributed by atoms with van der Waals surface area (Å²) < 4.78 is 51.5. The van der Waals surface area contributed by atoms with Crippen molar-refractivity contribution in [2.45, 2.75) is 37.9 Å². The Labute approximate surface area is 203 Å². The smallest absolute Gasteiger partial charge is 0.416 e. The molecular formula is C25H23ClF3NO5. The Balaban J connectivity index is 1.51. The van der Waals surface area contributed by atoms with Crippen molar-refractivity contribution in [3.63, 3.8) is 0 Å². The molecule has 0 radical (unpaired) electrons. The fourth-order valence-corrected chi connectivity index (χ4v) is 4.46. The third-order valence-electron chi connectivity index (χ3n) is 6.07. The fraction of sp³-hybridized carbons (Fsp3) is 0.360. The van der Waals surface area contributed by atoms with Crippen LogP contribution in [0.25, 0.3) is 22.3 Å². The third-order valence-corrected chi connectivity index (χ3v) is 6.37. The van der Waals surface area contributed by atoms with E-state index in [0.29, 0.717) is 25.8 Å². The number of hydrogen-bond donors (Lipinski definition) is 2. The lowest BCUT2D eigenvalue weighted by Gasteiger charge is -2.16. The van der Waals surface area contributed by atoms with Crippen LogP contribution in [0.3, 0.4) is 0 Å². The van der Waals surface area contributed by atoms with Crippen LogP contribution in [-0.4, -0.2) is 30.3 Å². The Hall–Kier alpha value is -3.04. The van der Waals surface area contributed by atoms with Crippen molar-refractivity contribution >= 4 is 28.5 Å². The molecule has 10 heteroatoms. The van der Waals surface area contributed by atoms with E-state index >= 15 is 0 Å². The standard InChI is InChI=1S/C25H23ClF3NO5/c26-19-4-1-3-17-20(31)13-22(35-23(17)19)18-8-6-15(25(27,28)29)12-21(18)34-10-2-9-30-16-7-5-14(11-16)24(32)33/h1,3-4,6,8,12-14,16,30H,2,5,7,9-11H2,(H,32,33). The Morgan fingerprint density at radius 3 is 2.71 bits per heavy atom. The molecule has 186 valence electrons. The summed E-state index contributed by atoms with van der Waals surface area (Å²) in [6, 6.07) is 9.00. The minimum absolute atomic E-state index is 0.0446. The van der Waals surface area contributed by atoms with Gasteiger partial charge in [-0.3, -0.25) is 9.59 Å². The molecule has 0 amide bonds. The lowest BCUT2D eigenvalue weighted by Crippen LogP contribution is -2.29. The van der Waals surface area contributed by atoms with E-state index in [1.54, 1.807) is 18.2 Å². The monoisotopic (exact) mass is 509 g/mol. The van der Waals surface area contributed by atoms with Gasteiger partial charge in [0.15, 0.2) is 11.0 Å². The summed E-state index contributed by atoms with van der Waals surface area (Å²) in [7, 11) is 0. The van der Waals surface area contributed by atoms with Gasteiger partial charge in [-0.25, -0.2) is 0 Å². The molecule has 1 heterocycles. The number of halogens is 4. The number of carboxylic acid groups (broad SMARTS) is 1. The first kappa shape index (κ1) is 25.1. The lowest BCUT2D eigenvalue weighted by molar-refractivity contribution is -0.141. The van der Waals surface area contributed by atoms with Crippen LogP contribution in [0, 0.1) is 5.92 Å². The molecule has 4 rings (SSSR count). The maximum atomic E-state index is 13.3. The molecule has 1 saturated carbocycles. The molecule has 0 aliphatic heterocycles. The number of nitrogens with one attached hydrogen (secondary N) is 1. The van der Waals surface area contributed by atoms with Gasteiger partial charge in [-0.05, 0) is 62.6 Å². The van der Waals surface area contributed by atoms with Crippen molar-refractivity contribution in [3.05, 3.63) is 63.3 Å². The molecule has 2 aromatic carbocycles. The highest BCUT2D eigenvalue weighted by Crippen LogP contribution is 2.38. The Kier molecular flexibility index (Phi) is 7.37. The number of aliphatic carboxylic acids is 1. The molecule has 2 atom stereocenters. The summed E-state index contributed by atoms with van der Waals surface area (Å²) in [5.41, 5.74) is -0.927. The van der Waals surface area contributed by atoms with Gasteiger partial charge in [0.25, 0.3) is 0 Å². The summed E-state index contributed by atoms with van der Waals surface area (Å²) in [6.07, 6.45) is -2.15. The number of ether oxygens (including phenoxy) is 1. The maximum absolute atomic E-state index is 13.3. The van der Waals surface area contributed by atoms with Crippen molar-refractivity contribution in [1.82, 2.24) is 5.32 Å². The first-order chi connectivity index (χ1) is 16.6. The van der Waals surface area contributed by atoms with Crippen molar-refractivity contribution in [2.24, 2.45) is 5.92 Å². The highest BCUT2D eigenvalue weighted by Gasteiger charge is 2.32. The summed E-state index contributed by atoms with van der Waals surface area (Å²) in [4.78, 5) is 23.6. The Morgan fingerprint density at radius 2 is 2.00 bits per heavy atom. The average molecular weight is 510 g/mol. The predicted molar refractivity (Wildman–Crippen MR) is 125 cm³/mol. The van der Waals surface area contributed by atoms with Crippen LogP contribution in [0.1, 0.15) is 31.2 Å². The topological polar surface area (TPSA) is 88.8 Å². The number of para-hydroxylation sites is 1. The molecule has 0 spiro atoms. The van der Waals surface area contributed by atoms with Gasteiger partial charge in [0.2, 0.25) is 0 Å². The predicted octanol–water partition coefficient (Wildman–Crippen LogP) is 5.74. The lowest BCUT2D eigenvalue weighted by atomic mass is 10.1.